The van der Waals surface area contributed by atoms with Crippen molar-refractivity contribution in [3.8, 4) is 0 Å². The Kier molecular flexibility index (Phi) is 7.07. The number of rotatable bonds is 9. The number of carboxylic acid groups (broad SMARTS) is 1. The molecule has 0 saturated carbocycles. The van der Waals surface area contributed by atoms with E-state index in [9.17, 15) is 4.79 Å². The lowest BCUT2D eigenvalue weighted by Gasteiger charge is -2.02. The Bertz CT molecular complexity index is 363. The lowest BCUT2D eigenvalue weighted by atomic mass is 10.1. The first-order valence-electron chi connectivity index (χ1n) is 6.93. The number of aryl methyl sites for hydroxylation is 1. The van der Waals surface area contributed by atoms with Crippen LogP contribution < -0.4 is 4.57 Å². The number of carboxylic acids is 1. The van der Waals surface area contributed by atoms with Gasteiger partial charge in [-0.3, -0.25) is 4.79 Å². The molecule has 0 aliphatic rings. The maximum absolute atomic E-state index is 10.8. The molecule has 1 aromatic heterocycles. The van der Waals surface area contributed by atoms with Crippen LogP contribution in [-0.4, -0.2) is 11.1 Å². The van der Waals surface area contributed by atoms with Crippen LogP contribution in [0.4, 0.5) is 0 Å². The van der Waals surface area contributed by atoms with E-state index in [4.69, 9.17) is 5.11 Å². The molecular formula is C15H24NO2+. The number of unbranched alkanes of at least 4 members (excludes halogenated alkanes) is 5. The number of hydrogen-bond acceptors (Lipinski definition) is 1. The number of pyridine rings is 1. The van der Waals surface area contributed by atoms with Crippen LogP contribution >= 0.6 is 0 Å². The van der Waals surface area contributed by atoms with Gasteiger partial charge in [0.2, 0.25) is 0 Å². The minimum Gasteiger partial charge on any atom is -0.481 e. The second-order valence-corrected chi connectivity index (χ2v) is 4.72. The van der Waals surface area contributed by atoms with Gasteiger partial charge in [0.25, 0.3) is 0 Å². The normalized spacial score (nSPS) is 10.5. The van der Waals surface area contributed by atoms with Gasteiger partial charge in [-0.15, -0.1) is 0 Å². The summed E-state index contributed by atoms with van der Waals surface area (Å²) in [5, 5.41) is 8.85. The third kappa shape index (κ3) is 5.80. The second-order valence-electron chi connectivity index (χ2n) is 4.72. The molecule has 0 aliphatic carbocycles. The zero-order valence-corrected chi connectivity index (χ0v) is 11.3. The molecule has 3 nitrogen and oxygen atoms in total. The molecule has 0 saturated heterocycles. The summed E-state index contributed by atoms with van der Waals surface area (Å²) in [7, 11) is 0. The number of nitrogens with zero attached hydrogens (tertiary/aromatic N) is 1. The van der Waals surface area contributed by atoms with Gasteiger partial charge in [0.15, 0.2) is 11.9 Å². The smallest absolute Gasteiger partial charge is 0.314 e. The van der Waals surface area contributed by atoms with Crippen LogP contribution in [0, 0.1) is 0 Å². The van der Waals surface area contributed by atoms with Crippen molar-refractivity contribution in [3.05, 3.63) is 30.1 Å². The largest absolute Gasteiger partial charge is 0.481 e. The lowest BCUT2D eigenvalue weighted by Crippen LogP contribution is -2.38. The van der Waals surface area contributed by atoms with Gasteiger partial charge in [0.1, 0.15) is 13.0 Å². The van der Waals surface area contributed by atoms with Crippen molar-refractivity contribution in [3.63, 3.8) is 0 Å². The van der Waals surface area contributed by atoms with Crippen molar-refractivity contribution in [2.24, 2.45) is 0 Å². The van der Waals surface area contributed by atoms with Gasteiger partial charge in [-0.25, -0.2) is 4.57 Å². The van der Waals surface area contributed by atoms with Crippen LogP contribution in [-0.2, 0) is 17.8 Å². The van der Waals surface area contributed by atoms with E-state index in [0.717, 1.165) is 18.7 Å². The quantitative estimate of drug-likeness (QED) is 0.541. The zero-order chi connectivity index (χ0) is 13.2. The topological polar surface area (TPSA) is 41.2 Å². The van der Waals surface area contributed by atoms with Crippen LogP contribution in [0.5, 0.6) is 0 Å². The van der Waals surface area contributed by atoms with Crippen LogP contribution in [0.1, 0.15) is 51.1 Å². The van der Waals surface area contributed by atoms with Gasteiger partial charge in [-0.1, -0.05) is 38.7 Å². The Morgan fingerprint density at radius 1 is 1.17 bits per heavy atom. The molecule has 1 rings (SSSR count). The predicted octanol–water partition coefficient (Wildman–Crippen LogP) is 2.96. The van der Waals surface area contributed by atoms with Crippen molar-refractivity contribution < 1.29 is 14.5 Å². The molecule has 3 heteroatoms. The standard InChI is InChI=1S/C15H23NO2/c1-2-3-4-5-6-8-11-16-12-9-7-10-14(16)13-15(17)18/h7,9-10,12H,2-6,8,11,13H2,1H3/p+1. The average molecular weight is 250 g/mol. The van der Waals surface area contributed by atoms with Crippen LogP contribution in [0.2, 0.25) is 0 Å². The van der Waals surface area contributed by atoms with E-state index in [-0.39, 0.29) is 6.42 Å². The molecule has 0 aliphatic heterocycles. The van der Waals surface area contributed by atoms with Crippen molar-refractivity contribution in [1.82, 2.24) is 0 Å². The van der Waals surface area contributed by atoms with E-state index in [2.05, 4.69) is 11.5 Å². The van der Waals surface area contributed by atoms with Crippen LogP contribution in [0.25, 0.3) is 0 Å². The van der Waals surface area contributed by atoms with E-state index in [1.807, 2.05) is 24.4 Å². The summed E-state index contributed by atoms with van der Waals surface area (Å²) < 4.78 is 2.06. The molecular weight excluding hydrogens is 226 g/mol. The van der Waals surface area contributed by atoms with Gasteiger partial charge in [0, 0.05) is 18.6 Å². The summed E-state index contributed by atoms with van der Waals surface area (Å²) in [6.07, 6.45) is 9.65. The van der Waals surface area contributed by atoms with E-state index >= 15 is 0 Å². The van der Waals surface area contributed by atoms with E-state index in [1.54, 1.807) is 0 Å². The highest BCUT2D eigenvalue weighted by molar-refractivity contribution is 5.69. The summed E-state index contributed by atoms with van der Waals surface area (Å²) in [6.45, 7) is 3.15. The molecule has 0 spiro atoms. The highest BCUT2D eigenvalue weighted by atomic mass is 16.4. The molecule has 100 valence electrons. The molecule has 18 heavy (non-hydrogen) atoms. The fourth-order valence-electron chi connectivity index (χ4n) is 2.11. The monoisotopic (exact) mass is 250 g/mol. The summed E-state index contributed by atoms with van der Waals surface area (Å²) in [6, 6.07) is 5.75. The fraction of sp³-hybridized carbons (Fsp3) is 0.600. The predicted molar refractivity (Wildman–Crippen MR) is 71.4 cm³/mol. The van der Waals surface area contributed by atoms with Gasteiger partial charge in [-0.2, -0.15) is 0 Å². The number of aliphatic carboxylic acids is 1. The first-order chi connectivity index (χ1) is 8.74. The van der Waals surface area contributed by atoms with Gasteiger partial charge in [0.05, 0.1) is 0 Å². The van der Waals surface area contributed by atoms with Crippen molar-refractivity contribution in [1.29, 1.82) is 0 Å². The molecule has 1 heterocycles. The molecule has 0 atom stereocenters. The Labute approximate surface area is 109 Å². The molecule has 0 amide bonds. The van der Waals surface area contributed by atoms with Gasteiger partial charge in [-0.05, 0) is 6.42 Å². The SMILES string of the molecule is CCCCCCCC[n+]1ccccc1CC(=O)O. The Hall–Kier alpha value is -1.38. The maximum Gasteiger partial charge on any atom is 0.314 e. The first-order valence-corrected chi connectivity index (χ1v) is 6.93. The first kappa shape index (κ1) is 14.7. The maximum atomic E-state index is 10.8. The number of aromatic nitrogens is 1. The summed E-state index contributed by atoms with van der Waals surface area (Å²) in [4.78, 5) is 10.8. The zero-order valence-electron chi connectivity index (χ0n) is 11.3. The molecule has 1 N–H and O–H groups in total. The van der Waals surface area contributed by atoms with Crippen molar-refractivity contribution >= 4 is 5.97 Å². The average Bonchev–Trinajstić information content (AvgIpc) is 2.35. The molecule has 0 unspecified atom stereocenters. The minimum atomic E-state index is -0.766. The highest BCUT2D eigenvalue weighted by Crippen LogP contribution is 2.05. The van der Waals surface area contributed by atoms with Crippen LogP contribution in [0.3, 0.4) is 0 Å². The molecule has 0 bridgehead atoms. The third-order valence-corrected chi connectivity index (χ3v) is 3.12. The van der Waals surface area contributed by atoms with Crippen LogP contribution in [0.15, 0.2) is 24.4 Å². The highest BCUT2D eigenvalue weighted by Gasteiger charge is 2.12. The van der Waals surface area contributed by atoms with E-state index < -0.39 is 5.97 Å². The Morgan fingerprint density at radius 3 is 2.61 bits per heavy atom. The summed E-state index contributed by atoms with van der Waals surface area (Å²) >= 11 is 0. The third-order valence-electron chi connectivity index (χ3n) is 3.12. The van der Waals surface area contributed by atoms with E-state index in [1.165, 1.54) is 32.1 Å². The van der Waals surface area contributed by atoms with Gasteiger partial charge >= 0.3 is 5.97 Å². The molecule has 0 fully saturated rings. The Morgan fingerprint density at radius 2 is 1.89 bits per heavy atom. The van der Waals surface area contributed by atoms with Gasteiger partial charge < -0.3 is 5.11 Å². The van der Waals surface area contributed by atoms with Crippen molar-refractivity contribution in [2.75, 3.05) is 0 Å². The lowest BCUT2D eigenvalue weighted by molar-refractivity contribution is -0.704. The molecule has 0 aromatic carbocycles. The summed E-state index contributed by atoms with van der Waals surface area (Å²) in [5.74, 6) is -0.766. The van der Waals surface area contributed by atoms with Crippen molar-refractivity contribution in [2.45, 2.75) is 58.4 Å². The number of carbonyl (C=O) groups is 1. The second kappa shape index (κ2) is 8.67. The fourth-order valence-corrected chi connectivity index (χ4v) is 2.11. The minimum absolute atomic E-state index is 0.108. The molecule has 1 aromatic rings. The van der Waals surface area contributed by atoms with E-state index in [0.29, 0.717) is 0 Å². The summed E-state index contributed by atoms with van der Waals surface area (Å²) in [5.41, 5.74) is 0.888. The molecule has 0 radical (unpaired) electrons. The number of hydrogen-bond donors (Lipinski definition) is 1. The Balaban J connectivity index is 2.34.